The standard InChI is InChI=1S/C17H26O3/c1-2-3-4-5-6-7-8-10-15-11-9-12-16(13-15)17(14-18)19-20-17/h9,11-13,18H,2-8,10,14H2,1H3. The van der Waals surface area contributed by atoms with Crippen molar-refractivity contribution in [2.45, 2.75) is 64.1 Å². The molecule has 1 heterocycles. The van der Waals surface area contributed by atoms with Crippen LogP contribution in [0.5, 0.6) is 0 Å². The van der Waals surface area contributed by atoms with Crippen LogP contribution >= 0.6 is 0 Å². The lowest BCUT2D eigenvalue weighted by molar-refractivity contribution is 0.0850. The highest BCUT2D eigenvalue weighted by Crippen LogP contribution is 2.40. The molecular weight excluding hydrogens is 252 g/mol. The van der Waals surface area contributed by atoms with Crippen LogP contribution in [-0.4, -0.2) is 11.7 Å². The number of benzene rings is 1. The van der Waals surface area contributed by atoms with Crippen LogP contribution in [0.1, 0.15) is 63.0 Å². The Morgan fingerprint density at radius 2 is 1.70 bits per heavy atom. The molecule has 1 N–H and O–H groups in total. The van der Waals surface area contributed by atoms with Gasteiger partial charge in [0.25, 0.3) is 5.79 Å². The zero-order valence-electron chi connectivity index (χ0n) is 12.4. The van der Waals surface area contributed by atoms with Gasteiger partial charge in [-0.05, 0) is 18.4 Å². The van der Waals surface area contributed by atoms with Crippen LogP contribution < -0.4 is 0 Å². The minimum Gasteiger partial charge on any atom is -0.390 e. The van der Waals surface area contributed by atoms with E-state index in [0.717, 1.165) is 12.0 Å². The van der Waals surface area contributed by atoms with E-state index in [1.54, 1.807) is 0 Å². The third kappa shape index (κ3) is 4.30. The molecule has 0 saturated carbocycles. The Morgan fingerprint density at radius 3 is 2.35 bits per heavy atom. The van der Waals surface area contributed by atoms with Gasteiger partial charge in [0.1, 0.15) is 6.61 Å². The van der Waals surface area contributed by atoms with Crippen molar-refractivity contribution in [3.05, 3.63) is 35.4 Å². The molecule has 2 rings (SSSR count). The smallest absolute Gasteiger partial charge is 0.281 e. The van der Waals surface area contributed by atoms with Gasteiger partial charge in [-0.1, -0.05) is 69.7 Å². The Kier molecular flexibility index (Phi) is 6.02. The number of rotatable bonds is 10. The van der Waals surface area contributed by atoms with Crippen LogP contribution in [0, 0.1) is 0 Å². The van der Waals surface area contributed by atoms with Gasteiger partial charge in [-0.2, -0.15) is 9.78 Å². The molecule has 20 heavy (non-hydrogen) atoms. The minimum atomic E-state index is -0.879. The fourth-order valence-corrected chi connectivity index (χ4v) is 2.54. The van der Waals surface area contributed by atoms with E-state index in [-0.39, 0.29) is 6.61 Å². The maximum atomic E-state index is 9.27. The van der Waals surface area contributed by atoms with Gasteiger partial charge >= 0.3 is 0 Å². The fraction of sp³-hybridized carbons (Fsp3) is 0.647. The summed E-state index contributed by atoms with van der Waals surface area (Å²) in [4.78, 5) is 9.83. The first kappa shape index (κ1) is 15.5. The number of aliphatic hydroxyl groups excluding tert-OH is 1. The lowest BCUT2D eigenvalue weighted by Gasteiger charge is -2.07. The van der Waals surface area contributed by atoms with Crippen LogP contribution in [0.3, 0.4) is 0 Å². The summed E-state index contributed by atoms with van der Waals surface area (Å²) in [7, 11) is 0. The predicted molar refractivity (Wildman–Crippen MR) is 79.1 cm³/mol. The van der Waals surface area contributed by atoms with Crippen LogP contribution in [0.4, 0.5) is 0 Å². The predicted octanol–water partition coefficient (Wildman–Crippen LogP) is 4.09. The topological polar surface area (TPSA) is 45.3 Å². The summed E-state index contributed by atoms with van der Waals surface area (Å²) in [5.41, 5.74) is 2.21. The Labute approximate surface area is 121 Å². The van der Waals surface area contributed by atoms with E-state index in [1.807, 2.05) is 12.1 Å². The number of aryl methyl sites for hydroxylation is 1. The quantitative estimate of drug-likeness (QED) is 0.398. The van der Waals surface area contributed by atoms with Gasteiger partial charge in [0.05, 0.1) is 0 Å². The van der Waals surface area contributed by atoms with E-state index in [9.17, 15) is 5.11 Å². The maximum Gasteiger partial charge on any atom is 0.281 e. The second-order valence-corrected chi connectivity index (χ2v) is 5.65. The highest BCUT2D eigenvalue weighted by molar-refractivity contribution is 5.28. The second-order valence-electron chi connectivity index (χ2n) is 5.65. The Hall–Kier alpha value is -0.900. The summed E-state index contributed by atoms with van der Waals surface area (Å²) in [6.45, 7) is 2.12. The zero-order chi connectivity index (χ0) is 14.3. The Morgan fingerprint density at radius 1 is 1.00 bits per heavy atom. The lowest BCUT2D eigenvalue weighted by Crippen LogP contribution is -2.13. The van der Waals surface area contributed by atoms with Gasteiger partial charge in [0, 0.05) is 5.56 Å². The van der Waals surface area contributed by atoms with E-state index >= 15 is 0 Å². The van der Waals surface area contributed by atoms with E-state index in [2.05, 4.69) is 19.1 Å². The molecular formula is C17H26O3. The molecule has 1 aliphatic rings. The van der Waals surface area contributed by atoms with E-state index in [0.29, 0.717) is 0 Å². The molecule has 3 heteroatoms. The first-order chi connectivity index (χ1) is 9.80. The third-order valence-corrected chi connectivity index (χ3v) is 3.93. The molecule has 0 atom stereocenters. The van der Waals surface area contributed by atoms with E-state index < -0.39 is 5.79 Å². The van der Waals surface area contributed by atoms with Crippen LogP contribution in [0.2, 0.25) is 0 Å². The van der Waals surface area contributed by atoms with Gasteiger partial charge in [0.15, 0.2) is 0 Å². The molecule has 1 aromatic rings. The highest BCUT2D eigenvalue weighted by atomic mass is 17.4. The summed E-state index contributed by atoms with van der Waals surface area (Å²) in [5, 5.41) is 9.27. The molecule has 3 nitrogen and oxygen atoms in total. The van der Waals surface area contributed by atoms with Crippen molar-refractivity contribution in [2.24, 2.45) is 0 Å². The van der Waals surface area contributed by atoms with Gasteiger partial charge in [-0.3, -0.25) is 0 Å². The monoisotopic (exact) mass is 278 g/mol. The summed E-state index contributed by atoms with van der Waals surface area (Å²) >= 11 is 0. The molecule has 0 bridgehead atoms. The molecule has 0 aliphatic carbocycles. The first-order valence-electron chi connectivity index (χ1n) is 7.88. The molecule has 0 aromatic heterocycles. The Balaban J connectivity index is 1.70. The minimum absolute atomic E-state index is 0.131. The fourth-order valence-electron chi connectivity index (χ4n) is 2.54. The van der Waals surface area contributed by atoms with Crippen molar-refractivity contribution in [1.82, 2.24) is 0 Å². The van der Waals surface area contributed by atoms with E-state index in [4.69, 9.17) is 9.78 Å². The lowest BCUT2D eigenvalue weighted by atomic mass is 10.00. The van der Waals surface area contributed by atoms with E-state index in [1.165, 1.54) is 50.5 Å². The highest BCUT2D eigenvalue weighted by Gasteiger charge is 2.50. The number of aliphatic hydroxyl groups is 1. The summed E-state index contributed by atoms with van der Waals surface area (Å²) in [6, 6.07) is 8.17. The van der Waals surface area contributed by atoms with Crippen molar-refractivity contribution in [3.63, 3.8) is 0 Å². The molecule has 0 amide bonds. The molecule has 1 fully saturated rings. The first-order valence-corrected chi connectivity index (χ1v) is 7.88. The number of hydrogen-bond donors (Lipinski definition) is 1. The molecule has 0 unspecified atom stereocenters. The van der Waals surface area contributed by atoms with Gasteiger partial charge in [0.2, 0.25) is 0 Å². The third-order valence-electron chi connectivity index (χ3n) is 3.93. The summed E-state index contributed by atoms with van der Waals surface area (Å²) < 4.78 is 0. The number of hydrogen-bond acceptors (Lipinski definition) is 3. The van der Waals surface area contributed by atoms with Crippen LogP contribution in [-0.2, 0) is 22.0 Å². The maximum absolute atomic E-state index is 9.27. The molecule has 0 radical (unpaired) electrons. The van der Waals surface area contributed by atoms with Gasteiger partial charge in [-0.25, -0.2) is 0 Å². The van der Waals surface area contributed by atoms with Gasteiger partial charge < -0.3 is 5.11 Å². The van der Waals surface area contributed by atoms with Gasteiger partial charge in [-0.15, -0.1) is 0 Å². The molecule has 1 aliphatic heterocycles. The zero-order valence-corrected chi connectivity index (χ0v) is 12.4. The Bertz CT molecular complexity index is 399. The average Bonchev–Trinajstić information content (AvgIpc) is 3.28. The van der Waals surface area contributed by atoms with Crippen molar-refractivity contribution in [2.75, 3.05) is 6.61 Å². The summed E-state index contributed by atoms with van der Waals surface area (Å²) in [6.07, 6.45) is 10.4. The molecule has 1 aromatic carbocycles. The largest absolute Gasteiger partial charge is 0.390 e. The number of unbranched alkanes of at least 4 members (excludes halogenated alkanes) is 6. The summed E-state index contributed by atoms with van der Waals surface area (Å²) in [5.74, 6) is -0.879. The van der Waals surface area contributed by atoms with Crippen molar-refractivity contribution in [3.8, 4) is 0 Å². The normalized spacial score (nSPS) is 16.3. The van der Waals surface area contributed by atoms with Crippen LogP contribution in [0.15, 0.2) is 24.3 Å². The van der Waals surface area contributed by atoms with Crippen molar-refractivity contribution >= 4 is 0 Å². The molecule has 0 spiro atoms. The molecule has 112 valence electrons. The second kappa shape index (κ2) is 7.77. The van der Waals surface area contributed by atoms with Crippen molar-refractivity contribution in [1.29, 1.82) is 0 Å². The van der Waals surface area contributed by atoms with Crippen molar-refractivity contribution < 1.29 is 14.9 Å². The average molecular weight is 278 g/mol. The molecule has 1 saturated heterocycles. The SMILES string of the molecule is CCCCCCCCCc1cccc(C2(CO)OO2)c1. The van der Waals surface area contributed by atoms with Crippen LogP contribution in [0.25, 0.3) is 0 Å².